The third-order valence-corrected chi connectivity index (χ3v) is 2.60. The fraction of sp³-hybridized carbons (Fsp3) is 0.385. The summed E-state index contributed by atoms with van der Waals surface area (Å²) in [6.45, 7) is 4.29. The number of aliphatic imine (C=N–C) groups is 1. The first kappa shape index (κ1) is 12.4. The van der Waals surface area contributed by atoms with Crippen LogP contribution in [0, 0.1) is 0 Å². The van der Waals surface area contributed by atoms with Gasteiger partial charge in [-0.15, -0.1) is 0 Å². The van der Waals surface area contributed by atoms with E-state index in [2.05, 4.69) is 10.3 Å². The summed E-state index contributed by atoms with van der Waals surface area (Å²) in [5.74, 6) is -0.0170. The Morgan fingerprint density at radius 1 is 1.44 bits per heavy atom. The van der Waals surface area contributed by atoms with Gasteiger partial charge in [0.2, 0.25) is 5.91 Å². The van der Waals surface area contributed by atoms with Gasteiger partial charge in [0, 0.05) is 20.0 Å². The van der Waals surface area contributed by atoms with Gasteiger partial charge in [-0.1, -0.05) is 18.2 Å². The summed E-state index contributed by atoms with van der Waals surface area (Å²) in [6, 6.07) is 10.3. The van der Waals surface area contributed by atoms with Crippen molar-refractivity contribution < 1.29 is 9.53 Å². The van der Waals surface area contributed by atoms with Crippen LogP contribution in [0.3, 0.4) is 0 Å². The fourth-order valence-corrected chi connectivity index (χ4v) is 1.72. The van der Waals surface area contributed by atoms with Crippen LogP contribution >= 0.6 is 0 Å². The Bertz CT molecular complexity index is 431. The minimum absolute atomic E-state index is 0.0170. The number of nitrogens with zero attached hydrogens (tertiary/aromatic N) is 2. The molecular weight excluding hydrogens is 230 g/mol. The molecule has 0 unspecified atom stereocenters. The molecule has 1 saturated heterocycles. The smallest absolute Gasteiger partial charge is 0.292 e. The quantitative estimate of drug-likeness (QED) is 0.868. The van der Waals surface area contributed by atoms with E-state index in [1.165, 1.54) is 6.92 Å². The number of ether oxygens (including phenoxy) is 1. The third-order valence-electron chi connectivity index (χ3n) is 2.60. The van der Waals surface area contributed by atoms with Gasteiger partial charge in [-0.25, -0.2) is 0 Å². The van der Waals surface area contributed by atoms with Gasteiger partial charge < -0.3 is 15.0 Å². The van der Waals surface area contributed by atoms with Crippen LogP contribution < -0.4 is 5.32 Å². The van der Waals surface area contributed by atoms with E-state index < -0.39 is 0 Å². The molecule has 96 valence electrons. The molecule has 0 spiro atoms. The molecule has 1 aliphatic rings. The number of amides is 1. The summed E-state index contributed by atoms with van der Waals surface area (Å²) >= 11 is 0. The molecule has 1 N–H and O–H groups in total. The zero-order valence-corrected chi connectivity index (χ0v) is 10.4. The molecule has 0 radical (unpaired) electrons. The highest BCUT2D eigenvalue weighted by Crippen LogP contribution is 2.13. The van der Waals surface area contributed by atoms with Crippen molar-refractivity contribution in [3.63, 3.8) is 0 Å². The SMILES string of the molecule is CC(=O)NCCN1CCOC1=Nc1ccccc1. The maximum absolute atomic E-state index is 10.8. The molecule has 1 aliphatic heterocycles. The lowest BCUT2D eigenvalue weighted by atomic mass is 10.3. The average molecular weight is 247 g/mol. The van der Waals surface area contributed by atoms with Crippen molar-refractivity contribution in [2.45, 2.75) is 6.92 Å². The van der Waals surface area contributed by atoms with Crippen LogP contribution in [0.4, 0.5) is 5.69 Å². The van der Waals surface area contributed by atoms with Gasteiger partial charge in [0.05, 0.1) is 12.2 Å². The van der Waals surface area contributed by atoms with Crippen LogP contribution in [0.5, 0.6) is 0 Å². The lowest BCUT2D eigenvalue weighted by Crippen LogP contribution is -2.35. The van der Waals surface area contributed by atoms with E-state index in [-0.39, 0.29) is 5.91 Å². The Balaban J connectivity index is 1.95. The molecule has 1 fully saturated rings. The molecule has 18 heavy (non-hydrogen) atoms. The first-order valence-corrected chi connectivity index (χ1v) is 6.01. The van der Waals surface area contributed by atoms with Gasteiger partial charge in [0.1, 0.15) is 6.61 Å². The number of rotatable bonds is 4. The van der Waals surface area contributed by atoms with Gasteiger partial charge in [-0.2, -0.15) is 4.99 Å². The first-order valence-electron chi connectivity index (χ1n) is 6.01. The van der Waals surface area contributed by atoms with Gasteiger partial charge in [0.15, 0.2) is 0 Å². The van der Waals surface area contributed by atoms with E-state index in [9.17, 15) is 4.79 Å². The summed E-state index contributed by atoms with van der Waals surface area (Å²) in [7, 11) is 0. The third kappa shape index (κ3) is 3.48. The summed E-state index contributed by atoms with van der Waals surface area (Å²) in [5, 5.41) is 2.77. The number of carbonyl (C=O) groups excluding carboxylic acids is 1. The average Bonchev–Trinajstić information content (AvgIpc) is 2.78. The van der Waals surface area contributed by atoms with Crippen molar-refractivity contribution in [3.05, 3.63) is 30.3 Å². The molecule has 1 aromatic carbocycles. The molecular formula is C13H17N3O2. The van der Waals surface area contributed by atoms with Crippen molar-refractivity contribution in [2.75, 3.05) is 26.2 Å². The number of para-hydroxylation sites is 1. The highest BCUT2D eigenvalue weighted by Gasteiger charge is 2.19. The second kappa shape index (κ2) is 6.05. The fourth-order valence-electron chi connectivity index (χ4n) is 1.72. The lowest BCUT2D eigenvalue weighted by molar-refractivity contribution is -0.118. The largest absolute Gasteiger partial charge is 0.463 e. The van der Waals surface area contributed by atoms with E-state index in [1.807, 2.05) is 35.2 Å². The Kier molecular flexibility index (Phi) is 4.17. The first-order chi connectivity index (χ1) is 8.75. The molecule has 2 rings (SSSR count). The van der Waals surface area contributed by atoms with Gasteiger partial charge >= 0.3 is 0 Å². The normalized spacial score (nSPS) is 16.7. The Labute approximate surface area is 106 Å². The Morgan fingerprint density at radius 3 is 2.94 bits per heavy atom. The van der Waals surface area contributed by atoms with Gasteiger partial charge in [-0.3, -0.25) is 4.79 Å². The molecule has 0 bridgehead atoms. The molecule has 1 heterocycles. The van der Waals surface area contributed by atoms with E-state index in [0.717, 1.165) is 12.2 Å². The molecule has 1 aromatic rings. The van der Waals surface area contributed by atoms with E-state index in [0.29, 0.717) is 25.7 Å². The van der Waals surface area contributed by atoms with Crippen molar-refractivity contribution in [3.8, 4) is 0 Å². The van der Waals surface area contributed by atoms with Crippen LogP contribution in [0.25, 0.3) is 0 Å². The number of hydrogen-bond donors (Lipinski definition) is 1. The molecule has 0 atom stereocenters. The molecule has 0 saturated carbocycles. The highest BCUT2D eigenvalue weighted by atomic mass is 16.5. The summed E-state index contributed by atoms with van der Waals surface area (Å²) in [6.07, 6.45) is 0. The predicted molar refractivity (Wildman–Crippen MR) is 69.7 cm³/mol. The van der Waals surface area contributed by atoms with Crippen molar-refractivity contribution in [1.82, 2.24) is 10.2 Å². The van der Waals surface area contributed by atoms with Gasteiger partial charge in [0.25, 0.3) is 6.02 Å². The Hall–Kier alpha value is -2.04. The minimum atomic E-state index is -0.0170. The zero-order chi connectivity index (χ0) is 12.8. The van der Waals surface area contributed by atoms with Crippen LogP contribution in [-0.4, -0.2) is 43.1 Å². The zero-order valence-electron chi connectivity index (χ0n) is 10.4. The second-order valence-corrected chi connectivity index (χ2v) is 4.05. The topological polar surface area (TPSA) is 53.9 Å². The van der Waals surface area contributed by atoms with E-state index in [1.54, 1.807) is 0 Å². The highest BCUT2D eigenvalue weighted by molar-refractivity contribution is 5.78. The van der Waals surface area contributed by atoms with Crippen molar-refractivity contribution >= 4 is 17.6 Å². The monoisotopic (exact) mass is 247 g/mol. The summed E-state index contributed by atoms with van der Waals surface area (Å²) in [5.41, 5.74) is 0.874. The number of hydrogen-bond acceptors (Lipinski definition) is 3. The van der Waals surface area contributed by atoms with Crippen LogP contribution in [-0.2, 0) is 9.53 Å². The molecule has 5 nitrogen and oxygen atoms in total. The number of benzene rings is 1. The maximum atomic E-state index is 10.8. The molecule has 0 aromatic heterocycles. The number of amidine groups is 1. The maximum Gasteiger partial charge on any atom is 0.292 e. The lowest BCUT2D eigenvalue weighted by Gasteiger charge is -2.15. The standard InChI is InChI=1S/C13H17N3O2/c1-11(17)14-7-8-16-9-10-18-13(16)15-12-5-3-2-4-6-12/h2-6H,7-10H2,1H3,(H,14,17). The molecule has 1 amide bonds. The number of carbonyl (C=O) groups is 1. The molecule has 5 heteroatoms. The summed E-state index contributed by atoms with van der Waals surface area (Å²) in [4.78, 5) is 17.3. The second-order valence-electron chi connectivity index (χ2n) is 4.05. The predicted octanol–water partition coefficient (Wildman–Crippen LogP) is 1.14. The van der Waals surface area contributed by atoms with E-state index >= 15 is 0 Å². The summed E-state index contributed by atoms with van der Waals surface area (Å²) < 4.78 is 5.49. The van der Waals surface area contributed by atoms with Crippen LogP contribution in [0.15, 0.2) is 35.3 Å². The minimum Gasteiger partial charge on any atom is -0.463 e. The van der Waals surface area contributed by atoms with Crippen molar-refractivity contribution in [2.24, 2.45) is 4.99 Å². The van der Waals surface area contributed by atoms with Gasteiger partial charge in [-0.05, 0) is 12.1 Å². The number of nitrogens with one attached hydrogen (secondary N) is 1. The van der Waals surface area contributed by atoms with E-state index in [4.69, 9.17) is 4.74 Å². The van der Waals surface area contributed by atoms with Crippen LogP contribution in [0.1, 0.15) is 6.92 Å². The van der Waals surface area contributed by atoms with Crippen LogP contribution in [0.2, 0.25) is 0 Å². The molecule has 0 aliphatic carbocycles. The van der Waals surface area contributed by atoms with Crippen molar-refractivity contribution in [1.29, 1.82) is 0 Å². The Morgan fingerprint density at radius 2 is 2.22 bits per heavy atom.